The van der Waals surface area contributed by atoms with E-state index in [-0.39, 0.29) is 16.8 Å². The van der Waals surface area contributed by atoms with Crippen molar-refractivity contribution >= 4 is 16.9 Å². The van der Waals surface area contributed by atoms with E-state index in [4.69, 9.17) is 4.74 Å². The maximum Gasteiger partial charge on any atom is 0.311 e. The first-order valence-corrected chi connectivity index (χ1v) is 6.61. The largest absolute Gasteiger partial charge is 0.469 e. The van der Waals surface area contributed by atoms with Gasteiger partial charge in [-0.05, 0) is 48.4 Å². The fourth-order valence-electron chi connectivity index (χ4n) is 3.93. The molecule has 96 valence electrons. The highest BCUT2D eigenvalue weighted by molar-refractivity contribution is 5.84. The van der Waals surface area contributed by atoms with Crippen molar-refractivity contribution in [2.24, 2.45) is 5.41 Å². The average molecular weight is 253 g/mol. The molecule has 3 fully saturated rings. The van der Waals surface area contributed by atoms with Crippen molar-refractivity contribution in [2.75, 3.05) is 7.11 Å². The van der Waals surface area contributed by atoms with Crippen molar-refractivity contribution in [3.63, 3.8) is 0 Å². The molecule has 3 heteroatoms. The number of hydrogen-bond acceptors (Lipinski definition) is 3. The van der Waals surface area contributed by atoms with Gasteiger partial charge in [0, 0.05) is 11.6 Å². The van der Waals surface area contributed by atoms with E-state index in [0.717, 1.165) is 24.8 Å². The predicted molar refractivity (Wildman–Crippen MR) is 71.7 cm³/mol. The van der Waals surface area contributed by atoms with Gasteiger partial charge in [-0.15, -0.1) is 0 Å². The van der Waals surface area contributed by atoms with Crippen LogP contribution in [0.25, 0.3) is 10.9 Å². The molecule has 5 rings (SSSR count). The van der Waals surface area contributed by atoms with Crippen LogP contribution in [-0.2, 0) is 14.9 Å². The van der Waals surface area contributed by atoms with E-state index in [2.05, 4.69) is 29.2 Å². The number of aromatic nitrogens is 1. The molecule has 3 nitrogen and oxygen atoms in total. The highest BCUT2D eigenvalue weighted by Crippen LogP contribution is 2.74. The lowest BCUT2D eigenvalue weighted by Gasteiger charge is -2.68. The molecule has 0 N–H and O–H groups in total. The first-order chi connectivity index (χ1) is 9.17. The number of carbonyl (C=O) groups excluding carboxylic acids is 1. The molecular weight excluding hydrogens is 238 g/mol. The van der Waals surface area contributed by atoms with Crippen molar-refractivity contribution in [3.8, 4) is 0 Å². The summed E-state index contributed by atoms with van der Waals surface area (Å²) in [6.07, 6.45) is 4.64. The minimum atomic E-state index is -0.168. The summed E-state index contributed by atoms with van der Waals surface area (Å²) in [4.78, 5) is 16.0. The highest BCUT2D eigenvalue weighted by atomic mass is 16.5. The Hall–Kier alpha value is -1.90. The quantitative estimate of drug-likeness (QED) is 0.772. The lowest BCUT2D eigenvalue weighted by atomic mass is 9.33. The fraction of sp³-hybridized carbons (Fsp3) is 0.375. The van der Waals surface area contributed by atoms with Crippen LogP contribution < -0.4 is 0 Å². The van der Waals surface area contributed by atoms with Gasteiger partial charge in [0.05, 0.1) is 18.0 Å². The fourth-order valence-corrected chi connectivity index (χ4v) is 3.93. The third-order valence-corrected chi connectivity index (χ3v) is 4.86. The van der Waals surface area contributed by atoms with Gasteiger partial charge in [0.25, 0.3) is 0 Å². The van der Waals surface area contributed by atoms with Crippen LogP contribution >= 0.6 is 0 Å². The number of methoxy groups -OCH3 is 1. The Labute approximate surface area is 111 Å². The SMILES string of the molecule is COC(=O)C12CC(c3ccc4ncccc4c3)(C1)C2. The summed E-state index contributed by atoms with van der Waals surface area (Å²) >= 11 is 0. The normalized spacial score (nSPS) is 31.4. The van der Waals surface area contributed by atoms with Crippen molar-refractivity contribution in [2.45, 2.75) is 24.7 Å². The minimum Gasteiger partial charge on any atom is -0.469 e. The summed E-state index contributed by atoms with van der Waals surface area (Å²) in [5, 5.41) is 1.18. The first-order valence-electron chi connectivity index (χ1n) is 6.61. The molecule has 0 spiro atoms. The van der Waals surface area contributed by atoms with Crippen LogP contribution in [0.3, 0.4) is 0 Å². The number of carbonyl (C=O) groups is 1. The number of esters is 1. The summed E-state index contributed by atoms with van der Waals surface area (Å²) < 4.78 is 4.90. The standard InChI is InChI=1S/C16H15NO2/c1-19-14(18)16-8-15(9-16,10-16)12-4-5-13-11(7-12)3-2-6-17-13/h2-7H,8-10H2,1H3. The van der Waals surface area contributed by atoms with Crippen molar-refractivity contribution in [1.29, 1.82) is 0 Å². The minimum absolute atomic E-state index is 0.0307. The third kappa shape index (κ3) is 1.28. The number of hydrogen-bond donors (Lipinski definition) is 0. The number of benzene rings is 1. The second-order valence-electron chi connectivity index (χ2n) is 5.99. The Morgan fingerprint density at radius 2 is 2.05 bits per heavy atom. The Morgan fingerprint density at radius 3 is 2.79 bits per heavy atom. The lowest BCUT2D eigenvalue weighted by molar-refractivity contribution is -0.198. The molecule has 0 atom stereocenters. The van der Waals surface area contributed by atoms with E-state index < -0.39 is 0 Å². The van der Waals surface area contributed by atoms with Gasteiger partial charge in [0.1, 0.15) is 0 Å². The molecule has 1 aromatic carbocycles. The van der Waals surface area contributed by atoms with Gasteiger partial charge in [-0.1, -0.05) is 12.1 Å². The average Bonchev–Trinajstić information content (AvgIpc) is 2.35. The Bertz CT molecular complexity index is 672. The maximum absolute atomic E-state index is 11.7. The molecule has 1 heterocycles. The summed E-state index contributed by atoms with van der Waals surface area (Å²) in [5.41, 5.74) is 2.43. The summed E-state index contributed by atoms with van der Waals surface area (Å²) in [5.74, 6) is -0.0307. The predicted octanol–water partition coefficient (Wildman–Crippen LogP) is 2.83. The Morgan fingerprint density at radius 1 is 1.26 bits per heavy atom. The molecule has 0 unspecified atom stereocenters. The van der Waals surface area contributed by atoms with Crippen molar-refractivity contribution < 1.29 is 9.53 Å². The van der Waals surface area contributed by atoms with E-state index in [1.165, 1.54) is 18.1 Å². The topological polar surface area (TPSA) is 39.2 Å². The summed E-state index contributed by atoms with van der Waals surface area (Å²) in [6, 6.07) is 10.5. The molecular formula is C16H15NO2. The van der Waals surface area contributed by atoms with Crippen LogP contribution in [0, 0.1) is 5.41 Å². The number of fused-ring (bicyclic) bond motifs is 1. The van der Waals surface area contributed by atoms with Crippen LogP contribution in [0.15, 0.2) is 36.5 Å². The molecule has 3 saturated carbocycles. The van der Waals surface area contributed by atoms with Gasteiger partial charge < -0.3 is 4.74 Å². The van der Waals surface area contributed by atoms with Crippen LogP contribution in [-0.4, -0.2) is 18.1 Å². The molecule has 0 aliphatic heterocycles. The number of rotatable bonds is 2. The summed E-state index contributed by atoms with van der Waals surface area (Å²) in [7, 11) is 1.48. The van der Waals surface area contributed by atoms with Gasteiger partial charge in [-0.3, -0.25) is 9.78 Å². The molecule has 3 aliphatic carbocycles. The van der Waals surface area contributed by atoms with Gasteiger partial charge in [0.2, 0.25) is 0 Å². The van der Waals surface area contributed by atoms with Crippen LogP contribution in [0.1, 0.15) is 24.8 Å². The molecule has 0 radical (unpaired) electrons. The van der Waals surface area contributed by atoms with E-state index in [1.807, 2.05) is 12.3 Å². The highest BCUT2D eigenvalue weighted by Gasteiger charge is 2.72. The van der Waals surface area contributed by atoms with Crippen LogP contribution in [0.2, 0.25) is 0 Å². The molecule has 1 aromatic heterocycles. The Kier molecular flexibility index (Phi) is 1.93. The molecule has 2 bridgehead atoms. The summed E-state index contributed by atoms with van der Waals surface area (Å²) in [6.45, 7) is 0. The second kappa shape index (κ2) is 3.35. The zero-order chi connectivity index (χ0) is 13.1. The smallest absolute Gasteiger partial charge is 0.311 e. The number of pyridine rings is 1. The van der Waals surface area contributed by atoms with Gasteiger partial charge in [-0.2, -0.15) is 0 Å². The van der Waals surface area contributed by atoms with Crippen molar-refractivity contribution in [3.05, 3.63) is 42.1 Å². The van der Waals surface area contributed by atoms with Crippen molar-refractivity contribution in [1.82, 2.24) is 4.98 Å². The van der Waals surface area contributed by atoms with Crippen LogP contribution in [0.5, 0.6) is 0 Å². The van der Waals surface area contributed by atoms with Crippen LogP contribution in [0.4, 0.5) is 0 Å². The molecule has 3 aliphatic rings. The zero-order valence-electron chi connectivity index (χ0n) is 10.8. The second-order valence-corrected chi connectivity index (χ2v) is 5.99. The monoisotopic (exact) mass is 253 g/mol. The van der Waals surface area contributed by atoms with Gasteiger partial charge >= 0.3 is 5.97 Å². The number of nitrogens with zero attached hydrogens (tertiary/aromatic N) is 1. The van der Waals surface area contributed by atoms with E-state index in [0.29, 0.717) is 0 Å². The zero-order valence-corrected chi connectivity index (χ0v) is 10.8. The first kappa shape index (κ1) is 11.0. The Balaban J connectivity index is 1.66. The van der Waals surface area contributed by atoms with E-state index in [1.54, 1.807) is 0 Å². The molecule has 0 saturated heterocycles. The molecule has 19 heavy (non-hydrogen) atoms. The van der Waals surface area contributed by atoms with Gasteiger partial charge in [0.15, 0.2) is 0 Å². The van der Waals surface area contributed by atoms with E-state index in [9.17, 15) is 4.79 Å². The van der Waals surface area contributed by atoms with E-state index >= 15 is 0 Å². The lowest BCUT2D eigenvalue weighted by Crippen LogP contribution is -2.68. The maximum atomic E-state index is 11.7. The molecule has 0 amide bonds. The number of ether oxygens (including phenoxy) is 1. The molecule has 2 aromatic rings. The van der Waals surface area contributed by atoms with Gasteiger partial charge in [-0.25, -0.2) is 0 Å². The third-order valence-electron chi connectivity index (χ3n) is 4.86.